The third-order valence-electron chi connectivity index (χ3n) is 4.76. The van der Waals surface area contributed by atoms with Crippen molar-refractivity contribution in [2.75, 3.05) is 6.61 Å². The second kappa shape index (κ2) is 5.41. The lowest BCUT2D eigenvalue weighted by molar-refractivity contribution is -0.164. The van der Waals surface area contributed by atoms with Gasteiger partial charge < -0.3 is 14.2 Å². The van der Waals surface area contributed by atoms with Crippen molar-refractivity contribution in [2.45, 2.75) is 83.2 Å². The number of hydrogen-bond donors (Lipinski definition) is 0. The summed E-state index contributed by atoms with van der Waals surface area (Å²) in [5, 5.41) is 0. The maximum atomic E-state index is 11.3. The Labute approximate surface area is 115 Å². The highest BCUT2D eigenvalue weighted by atomic mass is 16.6. The molecule has 0 bridgehead atoms. The van der Waals surface area contributed by atoms with Gasteiger partial charge in [-0.25, -0.2) is 0 Å². The molecule has 0 radical (unpaired) electrons. The van der Waals surface area contributed by atoms with Crippen LogP contribution in [0.15, 0.2) is 0 Å². The van der Waals surface area contributed by atoms with Crippen LogP contribution in [0.3, 0.4) is 0 Å². The molecule has 0 unspecified atom stereocenters. The number of carbonyl (C=O) groups excluding carboxylic acids is 1. The van der Waals surface area contributed by atoms with Crippen molar-refractivity contribution in [1.82, 2.24) is 0 Å². The third-order valence-corrected chi connectivity index (χ3v) is 4.76. The zero-order valence-corrected chi connectivity index (χ0v) is 12.5. The van der Waals surface area contributed by atoms with Crippen LogP contribution >= 0.6 is 0 Å². The molecule has 0 aromatic rings. The van der Waals surface area contributed by atoms with Gasteiger partial charge in [-0.1, -0.05) is 6.92 Å². The Morgan fingerprint density at radius 2 is 2.21 bits per heavy atom. The standard InChI is InChI=1S/C15H26O4/c1-5-15(11(2)19-15)9-7-13(18-12(3)16)14(4)8-6-10-17-14/h11,13H,5-10H2,1-4H3/t11-,13+,14-,15-/m1/s1. The summed E-state index contributed by atoms with van der Waals surface area (Å²) in [7, 11) is 0. The first kappa shape index (κ1) is 14.8. The molecule has 2 aliphatic rings. The lowest BCUT2D eigenvalue weighted by Gasteiger charge is -2.33. The van der Waals surface area contributed by atoms with Gasteiger partial charge in [0.15, 0.2) is 0 Å². The number of esters is 1. The van der Waals surface area contributed by atoms with Gasteiger partial charge in [0.05, 0.1) is 11.7 Å². The highest BCUT2D eigenvalue weighted by molar-refractivity contribution is 5.66. The molecule has 0 amide bonds. The summed E-state index contributed by atoms with van der Waals surface area (Å²) in [5.74, 6) is -0.225. The highest BCUT2D eigenvalue weighted by Gasteiger charge is 2.52. The molecule has 0 spiro atoms. The molecule has 0 aromatic carbocycles. The van der Waals surface area contributed by atoms with E-state index in [9.17, 15) is 4.79 Å². The molecule has 0 saturated carbocycles. The highest BCUT2D eigenvalue weighted by Crippen LogP contribution is 2.45. The Bertz CT molecular complexity index is 331. The summed E-state index contributed by atoms with van der Waals surface area (Å²) in [5.41, 5.74) is -0.313. The van der Waals surface area contributed by atoms with E-state index < -0.39 is 0 Å². The quantitative estimate of drug-likeness (QED) is 0.550. The van der Waals surface area contributed by atoms with Crippen LogP contribution in [0.5, 0.6) is 0 Å². The van der Waals surface area contributed by atoms with Crippen molar-refractivity contribution >= 4 is 5.97 Å². The largest absolute Gasteiger partial charge is 0.459 e. The second-order valence-corrected chi connectivity index (χ2v) is 6.08. The van der Waals surface area contributed by atoms with E-state index in [-0.39, 0.29) is 23.3 Å². The molecule has 2 aliphatic heterocycles. The Morgan fingerprint density at radius 1 is 1.53 bits per heavy atom. The predicted octanol–water partition coefficient (Wildman–Crippen LogP) is 2.83. The zero-order chi connectivity index (χ0) is 14.1. The van der Waals surface area contributed by atoms with Crippen LogP contribution in [0.1, 0.15) is 59.8 Å². The Balaban J connectivity index is 1.96. The topological polar surface area (TPSA) is 48.1 Å². The fourth-order valence-corrected chi connectivity index (χ4v) is 3.25. The van der Waals surface area contributed by atoms with Crippen LogP contribution in [-0.2, 0) is 19.0 Å². The van der Waals surface area contributed by atoms with E-state index >= 15 is 0 Å². The van der Waals surface area contributed by atoms with Gasteiger partial charge in [0.1, 0.15) is 11.7 Å². The molecule has 0 aliphatic carbocycles. The minimum atomic E-state index is -0.321. The number of hydrogen-bond acceptors (Lipinski definition) is 4. The van der Waals surface area contributed by atoms with Crippen LogP contribution in [-0.4, -0.2) is 36.0 Å². The van der Waals surface area contributed by atoms with Crippen molar-refractivity contribution in [2.24, 2.45) is 0 Å². The van der Waals surface area contributed by atoms with Gasteiger partial charge in [0.25, 0.3) is 0 Å². The summed E-state index contributed by atoms with van der Waals surface area (Å²) in [4.78, 5) is 11.3. The van der Waals surface area contributed by atoms with E-state index in [1.54, 1.807) is 0 Å². The molecule has 0 N–H and O–H groups in total. The number of ether oxygens (including phenoxy) is 3. The van der Waals surface area contributed by atoms with Gasteiger partial charge in [-0.15, -0.1) is 0 Å². The van der Waals surface area contributed by atoms with Crippen molar-refractivity contribution < 1.29 is 19.0 Å². The molecule has 4 heteroatoms. The first-order valence-corrected chi connectivity index (χ1v) is 7.41. The average molecular weight is 270 g/mol. The van der Waals surface area contributed by atoms with E-state index in [4.69, 9.17) is 14.2 Å². The predicted molar refractivity (Wildman–Crippen MR) is 71.9 cm³/mol. The summed E-state index contributed by atoms with van der Waals surface area (Å²) >= 11 is 0. The maximum Gasteiger partial charge on any atom is 0.303 e. The van der Waals surface area contributed by atoms with E-state index in [0.29, 0.717) is 6.10 Å². The minimum Gasteiger partial charge on any atom is -0.459 e. The first-order valence-electron chi connectivity index (χ1n) is 7.41. The monoisotopic (exact) mass is 270 g/mol. The van der Waals surface area contributed by atoms with Crippen LogP contribution < -0.4 is 0 Å². The van der Waals surface area contributed by atoms with Gasteiger partial charge >= 0.3 is 5.97 Å². The van der Waals surface area contributed by atoms with E-state index in [2.05, 4.69) is 20.8 Å². The molecule has 4 atom stereocenters. The summed E-state index contributed by atoms with van der Waals surface area (Å²) in [6, 6.07) is 0. The second-order valence-electron chi connectivity index (χ2n) is 6.08. The first-order chi connectivity index (χ1) is 8.92. The van der Waals surface area contributed by atoms with Crippen LogP contribution in [0.4, 0.5) is 0 Å². The SMILES string of the molecule is CC[C@]1(CC[C@H](OC(C)=O)[C@@]2(C)CCCO2)O[C@@H]1C. The number of rotatable bonds is 6. The van der Waals surface area contributed by atoms with Gasteiger partial charge in [-0.05, 0) is 46.0 Å². The molecule has 2 saturated heterocycles. The maximum absolute atomic E-state index is 11.3. The van der Waals surface area contributed by atoms with Crippen molar-refractivity contribution in [3.8, 4) is 0 Å². The molecular formula is C15H26O4. The fraction of sp³-hybridized carbons (Fsp3) is 0.933. The fourth-order valence-electron chi connectivity index (χ4n) is 3.25. The van der Waals surface area contributed by atoms with E-state index in [0.717, 1.165) is 38.7 Å². The average Bonchev–Trinajstić information content (AvgIpc) is 2.78. The van der Waals surface area contributed by atoms with Gasteiger partial charge in [0.2, 0.25) is 0 Å². The lowest BCUT2D eigenvalue weighted by atomic mass is 9.87. The van der Waals surface area contributed by atoms with Crippen LogP contribution in [0.25, 0.3) is 0 Å². The van der Waals surface area contributed by atoms with Gasteiger partial charge in [0, 0.05) is 13.5 Å². The molecule has 4 nitrogen and oxygen atoms in total. The summed E-state index contributed by atoms with van der Waals surface area (Å²) in [6.07, 6.45) is 4.93. The van der Waals surface area contributed by atoms with Gasteiger partial charge in [-0.2, -0.15) is 0 Å². The lowest BCUT2D eigenvalue weighted by Crippen LogP contribution is -2.42. The van der Waals surface area contributed by atoms with Crippen molar-refractivity contribution in [1.29, 1.82) is 0 Å². The van der Waals surface area contributed by atoms with E-state index in [1.165, 1.54) is 6.92 Å². The molecule has 2 heterocycles. The van der Waals surface area contributed by atoms with Crippen molar-refractivity contribution in [3.63, 3.8) is 0 Å². The number of carbonyl (C=O) groups is 1. The van der Waals surface area contributed by atoms with Gasteiger partial charge in [-0.3, -0.25) is 4.79 Å². The minimum absolute atomic E-state index is 0.00730. The Hall–Kier alpha value is -0.610. The Morgan fingerprint density at radius 3 is 2.63 bits per heavy atom. The molecular weight excluding hydrogens is 244 g/mol. The smallest absolute Gasteiger partial charge is 0.303 e. The van der Waals surface area contributed by atoms with Crippen LogP contribution in [0, 0.1) is 0 Å². The summed E-state index contributed by atoms with van der Waals surface area (Å²) < 4.78 is 17.1. The Kier molecular flexibility index (Phi) is 4.21. The molecule has 2 rings (SSSR count). The zero-order valence-electron chi connectivity index (χ0n) is 12.5. The molecule has 2 fully saturated rings. The molecule has 0 aromatic heterocycles. The van der Waals surface area contributed by atoms with Crippen LogP contribution in [0.2, 0.25) is 0 Å². The summed E-state index contributed by atoms with van der Waals surface area (Å²) in [6.45, 7) is 8.55. The third kappa shape index (κ3) is 3.11. The van der Waals surface area contributed by atoms with Crippen molar-refractivity contribution in [3.05, 3.63) is 0 Å². The normalized spacial score (nSPS) is 39.1. The number of epoxide rings is 1. The van der Waals surface area contributed by atoms with E-state index in [1.807, 2.05) is 0 Å². The molecule has 19 heavy (non-hydrogen) atoms. The molecule has 110 valence electrons.